The van der Waals surface area contributed by atoms with Gasteiger partial charge >= 0.3 is 0 Å². The summed E-state index contributed by atoms with van der Waals surface area (Å²) >= 11 is 1.76. The molecular weight excluding hydrogens is 282 g/mol. The third-order valence-corrected chi connectivity index (χ3v) is 4.73. The van der Waals surface area contributed by atoms with Crippen molar-refractivity contribution in [1.29, 1.82) is 0 Å². The maximum atomic E-state index is 10.4. The van der Waals surface area contributed by atoms with Gasteiger partial charge in [-0.3, -0.25) is 9.79 Å². The standard InChI is InChI=1S/C16H25N3OS/c1-6-14(8-7-12(2)13(3)18-11-20)16(4)9-10-21-15(17-5)19-16/h7-8,11H,3,6,9-10H2,1-2,4-5H3,(H,17,19)(H,18,20)/b12-7-,14-8+. The SMILES string of the molecule is C=C(NC=O)/C(C)=C\C=C(/CC)C1(C)CCSC(=NC)N1. The number of carbonyl (C=O) groups is 1. The molecule has 1 amide bonds. The molecule has 0 bridgehead atoms. The number of amides is 1. The smallest absolute Gasteiger partial charge is 0.211 e. The van der Waals surface area contributed by atoms with Gasteiger partial charge in [-0.05, 0) is 37.8 Å². The first-order chi connectivity index (χ1) is 9.96. The summed E-state index contributed by atoms with van der Waals surface area (Å²) in [7, 11) is 1.82. The van der Waals surface area contributed by atoms with Gasteiger partial charge in [-0.2, -0.15) is 0 Å². The van der Waals surface area contributed by atoms with Crippen molar-refractivity contribution in [3.05, 3.63) is 35.6 Å². The lowest BCUT2D eigenvalue weighted by Gasteiger charge is -2.38. The Bertz CT molecular complexity index is 494. The maximum Gasteiger partial charge on any atom is 0.211 e. The zero-order chi connectivity index (χ0) is 15.9. The summed E-state index contributed by atoms with van der Waals surface area (Å²) in [4.78, 5) is 14.7. The Hall–Kier alpha value is -1.49. The molecule has 4 nitrogen and oxygen atoms in total. The molecule has 2 N–H and O–H groups in total. The molecule has 1 atom stereocenters. The summed E-state index contributed by atoms with van der Waals surface area (Å²) in [6.07, 6.45) is 6.81. The van der Waals surface area contributed by atoms with Crippen LogP contribution in [0.2, 0.25) is 0 Å². The van der Waals surface area contributed by atoms with Crippen LogP contribution in [0.25, 0.3) is 0 Å². The van der Waals surface area contributed by atoms with Gasteiger partial charge in [0, 0.05) is 18.5 Å². The van der Waals surface area contributed by atoms with Crippen LogP contribution in [0.5, 0.6) is 0 Å². The largest absolute Gasteiger partial charge is 0.356 e. The fraction of sp³-hybridized carbons (Fsp3) is 0.500. The highest BCUT2D eigenvalue weighted by atomic mass is 32.2. The number of aliphatic imine (C=N–C) groups is 1. The van der Waals surface area contributed by atoms with Gasteiger partial charge in [0.15, 0.2) is 5.17 Å². The summed E-state index contributed by atoms with van der Waals surface area (Å²) in [5, 5.41) is 7.11. The molecule has 0 saturated carbocycles. The van der Waals surface area contributed by atoms with E-state index in [2.05, 4.69) is 42.1 Å². The number of hydrogen-bond donors (Lipinski definition) is 2. The van der Waals surface area contributed by atoms with Crippen LogP contribution >= 0.6 is 11.8 Å². The summed E-state index contributed by atoms with van der Waals surface area (Å²) in [6.45, 7) is 10.1. The predicted molar refractivity (Wildman–Crippen MR) is 92.4 cm³/mol. The van der Waals surface area contributed by atoms with E-state index >= 15 is 0 Å². The summed E-state index contributed by atoms with van der Waals surface area (Å²) < 4.78 is 0. The Morgan fingerprint density at radius 3 is 2.86 bits per heavy atom. The minimum Gasteiger partial charge on any atom is -0.356 e. The van der Waals surface area contributed by atoms with E-state index in [1.807, 2.05) is 20.0 Å². The fourth-order valence-corrected chi connectivity index (χ4v) is 3.38. The van der Waals surface area contributed by atoms with Crippen LogP contribution in [-0.4, -0.2) is 29.9 Å². The van der Waals surface area contributed by atoms with Crippen LogP contribution in [0.15, 0.2) is 40.6 Å². The molecule has 116 valence electrons. The molecular formula is C16H25N3OS. The summed E-state index contributed by atoms with van der Waals surface area (Å²) in [6, 6.07) is 0. The molecule has 0 spiro atoms. The van der Waals surface area contributed by atoms with Crippen LogP contribution in [0.1, 0.15) is 33.6 Å². The number of allylic oxidation sites excluding steroid dienone is 3. The number of thioether (sulfide) groups is 1. The number of carbonyl (C=O) groups excluding carboxylic acids is 1. The number of rotatable bonds is 6. The Kier molecular flexibility index (Phi) is 6.75. The first-order valence-corrected chi connectivity index (χ1v) is 8.10. The normalized spacial score (nSPS) is 25.4. The quantitative estimate of drug-likeness (QED) is 0.586. The minimum atomic E-state index is -0.0644. The average molecular weight is 307 g/mol. The number of amidine groups is 1. The van der Waals surface area contributed by atoms with Gasteiger partial charge in [0.05, 0.1) is 5.54 Å². The van der Waals surface area contributed by atoms with Crippen molar-refractivity contribution < 1.29 is 4.79 Å². The Balaban J connectivity index is 2.95. The molecule has 1 fully saturated rings. The average Bonchev–Trinajstić information content (AvgIpc) is 2.47. The van der Waals surface area contributed by atoms with E-state index in [1.165, 1.54) is 5.57 Å². The second-order valence-corrected chi connectivity index (χ2v) is 6.30. The van der Waals surface area contributed by atoms with Crippen molar-refractivity contribution in [2.75, 3.05) is 12.8 Å². The van der Waals surface area contributed by atoms with E-state index in [9.17, 15) is 4.79 Å². The van der Waals surface area contributed by atoms with Crippen molar-refractivity contribution in [1.82, 2.24) is 10.6 Å². The Morgan fingerprint density at radius 1 is 1.57 bits per heavy atom. The van der Waals surface area contributed by atoms with Crippen LogP contribution in [0.3, 0.4) is 0 Å². The van der Waals surface area contributed by atoms with Gasteiger partial charge in [-0.25, -0.2) is 0 Å². The first kappa shape index (κ1) is 17.6. The number of nitrogens with one attached hydrogen (secondary N) is 2. The van der Waals surface area contributed by atoms with Crippen LogP contribution in [-0.2, 0) is 4.79 Å². The lowest BCUT2D eigenvalue weighted by molar-refractivity contribution is -0.108. The predicted octanol–water partition coefficient (Wildman–Crippen LogP) is 3.00. The number of nitrogens with zero attached hydrogens (tertiary/aromatic N) is 1. The van der Waals surface area contributed by atoms with Gasteiger partial charge in [0.25, 0.3) is 0 Å². The van der Waals surface area contributed by atoms with E-state index in [4.69, 9.17) is 0 Å². The molecule has 1 heterocycles. The minimum absolute atomic E-state index is 0.0644. The van der Waals surface area contributed by atoms with E-state index in [0.717, 1.165) is 29.3 Å². The van der Waals surface area contributed by atoms with Crippen molar-refractivity contribution >= 4 is 23.3 Å². The van der Waals surface area contributed by atoms with Gasteiger partial charge in [0.2, 0.25) is 6.41 Å². The molecule has 1 aliphatic rings. The molecule has 5 heteroatoms. The summed E-state index contributed by atoms with van der Waals surface area (Å²) in [5.74, 6) is 1.07. The van der Waals surface area contributed by atoms with Crippen molar-refractivity contribution in [3.63, 3.8) is 0 Å². The molecule has 1 aliphatic heterocycles. The van der Waals surface area contributed by atoms with E-state index in [-0.39, 0.29) is 5.54 Å². The lowest BCUT2D eigenvalue weighted by Crippen LogP contribution is -2.50. The zero-order valence-corrected chi connectivity index (χ0v) is 14.1. The molecule has 1 saturated heterocycles. The second-order valence-electron chi connectivity index (χ2n) is 5.22. The molecule has 0 aromatic rings. The molecule has 0 radical (unpaired) electrons. The highest BCUT2D eigenvalue weighted by molar-refractivity contribution is 8.13. The van der Waals surface area contributed by atoms with Crippen molar-refractivity contribution in [2.45, 2.75) is 39.2 Å². The van der Waals surface area contributed by atoms with Gasteiger partial charge in [-0.15, -0.1) is 0 Å². The van der Waals surface area contributed by atoms with E-state index in [0.29, 0.717) is 12.1 Å². The maximum absolute atomic E-state index is 10.4. The van der Waals surface area contributed by atoms with Crippen LogP contribution in [0.4, 0.5) is 0 Å². The van der Waals surface area contributed by atoms with Gasteiger partial charge in [0.1, 0.15) is 0 Å². The second kappa shape index (κ2) is 8.08. The zero-order valence-electron chi connectivity index (χ0n) is 13.3. The molecule has 21 heavy (non-hydrogen) atoms. The number of hydrogen-bond acceptors (Lipinski definition) is 3. The van der Waals surface area contributed by atoms with E-state index < -0.39 is 0 Å². The topological polar surface area (TPSA) is 53.5 Å². The molecule has 0 aromatic carbocycles. The highest BCUT2D eigenvalue weighted by Crippen LogP contribution is 2.30. The lowest BCUT2D eigenvalue weighted by atomic mass is 9.86. The molecule has 1 unspecified atom stereocenters. The Labute approximate surface area is 131 Å². The molecule has 0 aliphatic carbocycles. The van der Waals surface area contributed by atoms with Crippen molar-refractivity contribution in [2.24, 2.45) is 4.99 Å². The highest BCUT2D eigenvalue weighted by Gasteiger charge is 2.31. The van der Waals surface area contributed by atoms with E-state index in [1.54, 1.807) is 11.8 Å². The monoisotopic (exact) mass is 307 g/mol. The third kappa shape index (κ3) is 4.77. The third-order valence-electron chi connectivity index (χ3n) is 3.76. The Morgan fingerprint density at radius 2 is 2.29 bits per heavy atom. The van der Waals surface area contributed by atoms with Gasteiger partial charge in [-0.1, -0.05) is 37.4 Å². The molecule has 1 rings (SSSR count). The first-order valence-electron chi connectivity index (χ1n) is 7.12. The summed E-state index contributed by atoms with van der Waals surface area (Å²) in [5.41, 5.74) is 2.84. The van der Waals surface area contributed by atoms with Gasteiger partial charge < -0.3 is 10.6 Å². The molecule has 0 aromatic heterocycles. The van der Waals surface area contributed by atoms with Crippen molar-refractivity contribution in [3.8, 4) is 0 Å². The van der Waals surface area contributed by atoms with Crippen LogP contribution < -0.4 is 10.6 Å². The van der Waals surface area contributed by atoms with Crippen LogP contribution in [0, 0.1) is 0 Å². The fourth-order valence-electron chi connectivity index (χ4n) is 2.25.